The van der Waals surface area contributed by atoms with Crippen molar-refractivity contribution >= 4 is 5.97 Å². The minimum Gasteiger partial charge on any atom is -0.548 e. The smallest absolute Gasteiger partial charge is 0.548 e. The summed E-state index contributed by atoms with van der Waals surface area (Å²) in [6.07, 6.45) is 3.66. The summed E-state index contributed by atoms with van der Waals surface area (Å²) in [4.78, 5) is 10.6. The molecule has 1 aliphatic carbocycles. The summed E-state index contributed by atoms with van der Waals surface area (Å²) in [5.41, 5.74) is 5.52. The van der Waals surface area contributed by atoms with Crippen LogP contribution < -0.4 is 29.7 Å². The molecule has 5 heteroatoms. The molecule has 0 aromatic heterocycles. The number of aliphatic carboxylic acids is 1. The average molecular weight is 191 g/mol. The molecule has 2 aliphatic rings. The zero-order valence-electron chi connectivity index (χ0n) is 8.49. The van der Waals surface area contributed by atoms with Crippen LogP contribution in [0.3, 0.4) is 0 Å². The molecule has 4 nitrogen and oxygen atoms in total. The van der Waals surface area contributed by atoms with Crippen LogP contribution in [-0.2, 0) is 9.53 Å². The molecule has 0 bridgehead atoms. The zero-order chi connectivity index (χ0) is 9.47. The Balaban J connectivity index is 0.000000980. The van der Waals surface area contributed by atoms with Crippen molar-refractivity contribution in [3.05, 3.63) is 0 Å². The van der Waals surface area contributed by atoms with Crippen molar-refractivity contribution in [3.63, 3.8) is 0 Å². The standard InChI is InChI=1S/C9H15NO3.Li/c10-7(8(11)12)6-1-4-13-9(5-6)2-3-9;/h6-7H,1-5,10H2,(H,11,12);/q;+1/p-1. The normalized spacial score (nSPS) is 30.5. The largest absolute Gasteiger partial charge is 1.00 e. The van der Waals surface area contributed by atoms with Crippen molar-refractivity contribution in [2.24, 2.45) is 11.7 Å². The summed E-state index contributed by atoms with van der Waals surface area (Å²) in [6.45, 7) is 0.644. The molecule has 0 amide bonds. The van der Waals surface area contributed by atoms with E-state index >= 15 is 0 Å². The summed E-state index contributed by atoms with van der Waals surface area (Å²) in [5.74, 6) is -1.09. The van der Waals surface area contributed by atoms with Crippen LogP contribution >= 0.6 is 0 Å². The Bertz CT molecular complexity index is 230. The van der Waals surface area contributed by atoms with Crippen molar-refractivity contribution in [2.45, 2.75) is 37.3 Å². The number of carboxylic acid groups (broad SMARTS) is 1. The van der Waals surface area contributed by atoms with Gasteiger partial charge in [0.1, 0.15) is 0 Å². The topological polar surface area (TPSA) is 75.4 Å². The summed E-state index contributed by atoms with van der Waals surface area (Å²) >= 11 is 0. The van der Waals surface area contributed by atoms with E-state index in [0.29, 0.717) is 6.61 Å². The molecule has 2 N–H and O–H groups in total. The van der Waals surface area contributed by atoms with Crippen LogP contribution in [0.1, 0.15) is 25.7 Å². The molecule has 2 unspecified atom stereocenters. The van der Waals surface area contributed by atoms with E-state index in [4.69, 9.17) is 10.5 Å². The van der Waals surface area contributed by atoms with Gasteiger partial charge in [0.2, 0.25) is 0 Å². The van der Waals surface area contributed by atoms with Crippen LogP contribution in [-0.4, -0.2) is 24.2 Å². The zero-order valence-corrected chi connectivity index (χ0v) is 8.49. The van der Waals surface area contributed by atoms with Gasteiger partial charge in [-0.2, -0.15) is 0 Å². The summed E-state index contributed by atoms with van der Waals surface area (Å²) in [7, 11) is 0. The molecule has 0 aromatic rings. The molecule has 74 valence electrons. The van der Waals surface area contributed by atoms with Crippen molar-refractivity contribution in [3.8, 4) is 0 Å². The summed E-state index contributed by atoms with van der Waals surface area (Å²) in [5, 5.41) is 10.6. The van der Waals surface area contributed by atoms with Crippen LogP contribution in [0.4, 0.5) is 0 Å². The van der Waals surface area contributed by atoms with Gasteiger partial charge in [-0.25, -0.2) is 0 Å². The van der Waals surface area contributed by atoms with Crippen molar-refractivity contribution in [1.29, 1.82) is 0 Å². The van der Waals surface area contributed by atoms with E-state index in [2.05, 4.69) is 0 Å². The molecular weight excluding hydrogens is 177 g/mol. The van der Waals surface area contributed by atoms with Crippen LogP contribution in [0.2, 0.25) is 0 Å². The fourth-order valence-electron chi connectivity index (χ4n) is 2.05. The van der Waals surface area contributed by atoms with E-state index in [-0.39, 0.29) is 30.4 Å². The van der Waals surface area contributed by atoms with Gasteiger partial charge in [0.15, 0.2) is 0 Å². The second-order valence-electron chi connectivity index (χ2n) is 4.13. The van der Waals surface area contributed by atoms with Crippen LogP contribution in [0.25, 0.3) is 0 Å². The molecule has 0 aromatic carbocycles. The first-order chi connectivity index (χ1) is 6.13. The summed E-state index contributed by atoms with van der Waals surface area (Å²) in [6, 6.07) is -0.818. The van der Waals surface area contributed by atoms with Crippen LogP contribution in [0.15, 0.2) is 0 Å². The maximum Gasteiger partial charge on any atom is 1.00 e. The van der Waals surface area contributed by atoms with Gasteiger partial charge in [0.05, 0.1) is 11.6 Å². The Hall–Kier alpha value is -0.0126. The molecule has 1 heterocycles. The van der Waals surface area contributed by atoms with Crippen molar-refractivity contribution in [2.75, 3.05) is 6.61 Å². The second kappa shape index (κ2) is 4.24. The Labute approximate surface area is 95.4 Å². The number of nitrogens with two attached hydrogens (primary N) is 1. The summed E-state index contributed by atoms with van der Waals surface area (Å²) < 4.78 is 5.57. The third kappa shape index (κ3) is 2.32. The number of carbonyl (C=O) groups is 1. The first-order valence-electron chi connectivity index (χ1n) is 4.73. The number of hydrogen-bond acceptors (Lipinski definition) is 4. The second-order valence-corrected chi connectivity index (χ2v) is 4.13. The fourth-order valence-corrected chi connectivity index (χ4v) is 2.05. The minimum atomic E-state index is -1.14. The third-order valence-corrected chi connectivity index (χ3v) is 3.12. The number of carboxylic acids is 1. The van der Waals surface area contributed by atoms with E-state index in [0.717, 1.165) is 25.7 Å². The average Bonchev–Trinajstić information content (AvgIpc) is 2.83. The molecule has 14 heavy (non-hydrogen) atoms. The van der Waals surface area contributed by atoms with Gasteiger partial charge in [-0.3, -0.25) is 0 Å². The molecule has 1 spiro atoms. The first kappa shape index (κ1) is 12.1. The van der Waals surface area contributed by atoms with Crippen molar-refractivity contribution < 1.29 is 33.5 Å². The van der Waals surface area contributed by atoms with Crippen LogP contribution in [0, 0.1) is 5.92 Å². The van der Waals surface area contributed by atoms with Crippen molar-refractivity contribution in [1.82, 2.24) is 0 Å². The van der Waals surface area contributed by atoms with Crippen LogP contribution in [0.5, 0.6) is 0 Å². The van der Waals surface area contributed by atoms with E-state index in [1.165, 1.54) is 0 Å². The maximum absolute atomic E-state index is 10.6. The van der Waals surface area contributed by atoms with Gasteiger partial charge < -0.3 is 20.4 Å². The molecule has 1 saturated heterocycles. The van der Waals surface area contributed by atoms with E-state index in [1.807, 2.05) is 0 Å². The van der Waals surface area contributed by atoms with E-state index < -0.39 is 12.0 Å². The Morgan fingerprint density at radius 2 is 2.21 bits per heavy atom. The fraction of sp³-hybridized carbons (Fsp3) is 0.889. The van der Waals surface area contributed by atoms with Gasteiger partial charge in [-0.15, -0.1) is 0 Å². The molecule has 1 aliphatic heterocycles. The molecule has 1 saturated carbocycles. The number of ether oxygens (including phenoxy) is 1. The molecule has 2 rings (SSSR count). The molecule has 2 atom stereocenters. The quantitative estimate of drug-likeness (QED) is 0.452. The first-order valence-corrected chi connectivity index (χ1v) is 4.73. The molecule has 0 radical (unpaired) electrons. The predicted molar refractivity (Wildman–Crippen MR) is 43.6 cm³/mol. The number of hydrogen-bond donors (Lipinski definition) is 1. The molecular formula is C9H14LiNO3. The predicted octanol–water partition coefficient (Wildman–Crippen LogP) is -3.97. The van der Waals surface area contributed by atoms with Gasteiger partial charge >= 0.3 is 18.9 Å². The van der Waals surface area contributed by atoms with Gasteiger partial charge in [0, 0.05) is 12.6 Å². The Morgan fingerprint density at radius 1 is 1.57 bits per heavy atom. The third-order valence-electron chi connectivity index (χ3n) is 3.12. The molecule has 2 fully saturated rings. The Kier molecular flexibility index (Phi) is 3.65. The SMILES string of the molecule is NC(C(=O)[O-])C1CCOC2(CC2)C1.[Li+]. The maximum atomic E-state index is 10.6. The number of rotatable bonds is 2. The number of carbonyl (C=O) groups excluding carboxylic acids is 1. The van der Waals surface area contributed by atoms with Gasteiger partial charge in [0.25, 0.3) is 0 Å². The van der Waals surface area contributed by atoms with E-state index in [9.17, 15) is 9.90 Å². The Morgan fingerprint density at radius 3 is 2.71 bits per heavy atom. The monoisotopic (exact) mass is 191 g/mol. The minimum absolute atomic E-state index is 0. The van der Waals surface area contributed by atoms with Gasteiger partial charge in [-0.1, -0.05) is 0 Å². The van der Waals surface area contributed by atoms with E-state index in [1.54, 1.807) is 0 Å². The van der Waals surface area contributed by atoms with Gasteiger partial charge in [-0.05, 0) is 31.6 Å².